The second-order valence-electron chi connectivity index (χ2n) is 7.39. The van der Waals surface area contributed by atoms with Gasteiger partial charge in [0.25, 0.3) is 0 Å². The molecule has 4 nitrogen and oxygen atoms in total. The first kappa shape index (κ1) is 16.2. The lowest BCUT2D eigenvalue weighted by atomic mass is 9.89. The van der Waals surface area contributed by atoms with Gasteiger partial charge in [0.05, 0.1) is 11.2 Å². The van der Waals surface area contributed by atoms with Crippen molar-refractivity contribution in [3.63, 3.8) is 0 Å². The highest BCUT2D eigenvalue weighted by atomic mass is 15.2. The molecule has 1 atom stereocenters. The molecule has 1 fully saturated rings. The van der Waals surface area contributed by atoms with Crippen LogP contribution in [0.3, 0.4) is 0 Å². The third kappa shape index (κ3) is 3.14. The van der Waals surface area contributed by atoms with Crippen LogP contribution in [0.4, 0.5) is 5.69 Å². The van der Waals surface area contributed by atoms with Crippen LogP contribution < -0.4 is 5.73 Å². The lowest BCUT2D eigenvalue weighted by molar-refractivity contribution is 0.167. The number of rotatable bonds is 3. The predicted molar refractivity (Wildman–Crippen MR) is 104 cm³/mol. The maximum atomic E-state index is 6.04. The average Bonchev–Trinajstić information content (AvgIpc) is 3.08. The summed E-state index contributed by atoms with van der Waals surface area (Å²) >= 11 is 0. The lowest BCUT2D eigenvalue weighted by Gasteiger charge is -2.35. The van der Waals surface area contributed by atoms with Crippen LogP contribution >= 0.6 is 0 Å². The lowest BCUT2D eigenvalue weighted by Crippen LogP contribution is -2.39. The predicted octanol–water partition coefficient (Wildman–Crippen LogP) is 4.17. The first-order valence-corrected chi connectivity index (χ1v) is 9.19. The second kappa shape index (κ2) is 6.52. The van der Waals surface area contributed by atoms with Gasteiger partial charge in [0.1, 0.15) is 0 Å². The Kier molecular flexibility index (Phi) is 4.22. The number of nitrogens with zero attached hydrogens (tertiary/aromatic N) is 3. The maximum Gasteiger partial charge on any atom is 0.0882 e. The van der Waals surface area contributed by atoms with Crippen LogP contribution in [0.15, 0.2) is 48.8 Å². The van der Waals surface area contributed by atoms with Crippen molar-refractivity contribution in [2.75, 3.05) is 18.8 Å². The van der Waals surface area contributed by atoms with E-state index in [1.165, 1.54) is 37.1 Å². The Morgan fingerprint density at radius 3 is 2.64 bits per heavy atom. The minimum absolute atomic E-state index is 0.633. The summed E-state index contributed by atoms with van der Waals surface area (Å²) in [5.74, 6) is 0.649. The van der Waals surface area contributed by atoms with Crippen LogP contribution in [-0.2, 0) is 0 Å². The highest BCUT2D eigenvalue weighted by Gasteiger charge is 2.22. The highest BCUT2D eigenvalue weighted by Crippen LogP contribution is 2.30. The van der Waals surface area contributed by atoms with Crippen molar-refractivity contribution in [1.82, 2.24) is 14.5 Å². The number of hydrogen-bond acceptors (Lipinski definition) is 3. The monoisotopic (exact) mass is 334 g/mol. The van der Waals surface area contributed by atoms with Gasteiger partial charge in [-0.05, 0) is 62.4 Å². The minimum atomic E-state index is 0.633. The molecule has 4 rings (SSSR count). The van der Waals surface area contributed by atoms with Crippen molar-refractivity contribution in [3.8, 4) is 11.1 Å². The Balaban J connectivity index is 1.58. The highest BCUT2D eigenvalue weighted by molar-refractivity contribution is 5.77. The van der Waals surface area contributed by atoms with Gasteiger partial charge in [-0.2, -0.15) is 5.10 Å². The Labute approximate surface area is 149 Å². The van der Waals surface area contributed by atoms with E-state index < -0.39 is 0 Å². The van der Waals surface area contributed by atoms with Crippen LogP contribution in [0.2, 0.25) is 0 Å². The molecule has 1 aliphatic heterocycles. The van der Waals surface area contributed by atoms with Crippen molar-refractivity contribution in [2.24, 2.45) is 0 Å². The fourth-order valence-corrected chi connectivity index (χ4v) is 3.89. The SMILES string of the molecule is CC(C)N1CCC[C@@H](c2ccc(-c3cc4c(N)ccnn4c3)cc2)C1. The largest absolute Gasteiger partial charge is 0.397 e. The first-order chi connectivity index (χ1) is 12.1. The van der Waals surface area contributed by atoms with E-state index in [-0.39, 0.29) is 0 Å². The normalized spacial score (nSPS) is 18.9. The Morgan fingerprint density at radius 1 is 1.12 bits per heavy atom. The van der Waals surface area contributed by atoms with Gasteiger partial charge >= 0.3 is 0 Å². The van der Waals surface area contributed by atoms with Gasteiger partial charge < -0.3 is 10.6 Å². The van der Waals surface area contributed by atoms with Crippen molar-refractivity contribution in [1.29, 1.82) is 0 Å². The van der Waals surface area contributed by atoms with Crippen LogP contribution in [0.25, 0.3) is 16.6 Å². The molecule has 25 heavy (non-hydrogen) atoms. The Hall–Kier alpha value is -2.33. The summed E-state index contributed by atoms with van der Waals surface area (Å²) < 4.78 is 1.85. The number of benzene rings is 1. The molecule has 1 aliphatic rings. The van der Waals surface area contributed by atoms with E-state index in [0.717, 1.165) is 16.8 Å². The summed E-state index contributed by atoms with van der Waals surface area (Å²) in [4.78, 5) is 2.59. The van der Waals surface area contributed by atoms with Crippen LogP contribution in [-0.4, -0.2) is 33.6 Å². The van der Waals surface area contributed by atoms with Gasteiger partial charge in [-0.15, -0.1) is 0 Å². The topological polar surface area (TPSA) is 46.6 Å². The van der Waals surface area contributed by atoms with Gasteiger partial charge in [0, 0.05) is 30.5 Å². The molecule has 3 aromatic rings. The average molecular weight is 334 g/mol. The molecule has 0 aliphatic carbocycles. The quantitative estimate of drug-likeness (QED) is 0.782. The molecular formula is C21H26N4. The molecule has 2 N–H and O–H groups in total. The zero-order valence-corrected chi connectivity index (χ0v) is 15.0. The molecular weight excluding hydrogens is 308 g/mol. The smallest absolute Gasteiger partial charge is 0.0882 e. The summed E-state index contributed by atoms with van der Waals surface area (Å²) in [5.41, 5.74) is 11.6. The summed E-state index contributed by atoms with van der Waals surface area (Å²) in [6.45, 7) is 7.00. The van der Waals surface area contributed by atoms with Crippen molar-refractivity contribution >= 4 is 11.2 Å². The van der Waals surface area contributed by atoms with E-state index in [1.807, 2.05) is 16.8 Å². The molecule has 1 aromatic carbocycles. The van der Waals surface area contributed by atoms with E-state index in [2.05, 4.69) is 54.2 Å². The number of fused-ring (bicyclic) bond motifs is 1. The number of nitrogen functional groups attached to an aromatic ring is 1. The van der Waals surface area contributed by atoms with E-state index in [9.17, 15) is 0 Å². The minimum Gasteiger partial charge on any atom is -0.397 e. The zero-order chi connectivity index (χ0) is 17.4. The first-order valence-electron chi connectivity index (χ1n) is 9.19. The van der Waals surface area contributed by atoms with Crippen molar-refractivity contribution in [3.05, 3.63) is 54.4 Å². The third-order valence-corrected chi connectivity index (χ3v) is 5.44. The van der Waals surface area contributed by atoms with E-state index in [0.29, 0.717) is 12.0 Å². The standard InChI is InChI=1S/C21H26N4/c1-15(2)24-11-3-4-18(13-24)16-5-7-17(8-6-16)19-12-21-20(22)9-10-23-25(21)14-19/h5-10,12,14-15,18H,3-4,11,13,22H2,1-2H3/t18-/m1/s1. The van der Waals surface area contributed by atoms with Gasteiger partial charge in [0.15, 0.2) is 0 Å². The van der Waals surface area contributed by atoms with Gasteiger partial charge in [0.2, 0.25) is 0 Å². The van der Waals surface area contributed by atoms with Crippen molar-refractivity contribution < 1.29 is 0 Å². The Morgan fingerprint density at radius 2 is 1.92 bits per heavy atom. The summed E-state index contributed by atoms with van der Waals surface area (Å²) in [6, 6.07) is 13.6. The number of anilines is 1. The summed E-state index contributed by atoms with van der Waals surface area (Å²) in [5, 5.41) is 4.34. The van der Waals surface area contributed by atoms with Crippen LogP contribution in [0.5, 0.6) is 0 Å². The van der Waals surface area contributed by atoms with Crippen LogP contribution in [0.1, 0.15) is 38.2 Å². The third-order valence-electron chi connectivity index (χ3n) is 5.44. The van der Waals surface area contributed by atoms with Crippen molar-refractivity contribution in [2.45, 2.75) is 38.6 Å². The maximum absolute atomic E-state index is 6.04. The molecule has 3 heterocycles. The molecule has 0 unspecified atom stereocenters. The number of nitrogens with two attached hydrogens (primary N) is 1. The molecule has 0 amide bonds. The summed E-state index contributed by atoms with van der Waals surface area (Å²) in [6.07, 6.45) is 6.36. The molecule has 0 bridgehead atoms. The fourth-order valence-electron chi connectivity index (χ4n) is 3.89. The van der Waals surface area contributed by atoms with E-state index in [1.54, 1.807) is 6.20 Å². The fraction of sp³-hybridized carbons (Fsp3) is 0.381. The molecule has 1 saturated heterocycles. The second-order valence-corrected chi connectivity index (χ2v) is 7.39. The van der Waals surface area contributed by atoms with E-state index >= 15 is 0 Å². The molecule has 0 radical (unpaired) electrons. The number of aromatic nitrogens is 2. The number of likely N-dealkylation sites (tertiary alicyclic amines) is 1. The van der Waals surface area contributed by atoms with Gasteiger partial charge in [-0.3, -0.25) is 0 Å². The van der Waals surface area contributed by atoms with E-state index in [4.69, 9.17) is 5.73 Å². The molecule has 2 aromatic heterocycles. The number of piperidine rings is 1. The van der Waals surface area contributed by atoms with Crippen LogP contribution in [0, 0.1) is 0 Å². The zero-order valence-electron chi connectivity index (χ0n) is 15.0. The summed E-state index contributed by atoms with van der Waals surface area (Å²) in [7, 11) is 0. The molecule has 0 spiro atoms. The molecule has 130 valence electrons. The van der Waals surface area contributed by atoms with Gasteiger partial charge in [-0.25, -0.2) is 4.52 Å². The van der Waals surface area contributed by atoms with Gasteiger partial charge in [-0.1, -0.05) is 24.3 Å². The molecule has 4 heteroatoms. The number of hydrogen-bond donors (Lipinski definition) is 1. The Bertz CT molecular complexity index is 863. The molecule has 0 saturated carbocycles.